The molecule has 0 bridgehead atoms. The average Bonchev–Trinajstić information content (AvgIpc) is 3.09. The molecule has 8 nitrogen and oxygen atoms in total. The lowest BCUT2D eigenvalue weighted by atomic mass is 9.95. The maximum absolute atomic E-state index is 13.2. The minimum atomic E-state index is -3.94. The van der Waals surface area contributed by atoms with Crippen molar-refractivity contribution in [1.82, 2.24) is 0 Å². The van der Waals surface area contributed by atoms with Crippen LogP contribution in [0.15, 0.2) is 89.3 Å². The molecule has 1 atom stereocenters. The van der Waals surface area contributed by atoms with Crippen molar-refractivity contribution in [2.45, 2.75) is 30.9 Å². The number of primary sulfonamides is 1. The minimum absolute atomic E-state index is 0.0848. The van der Waals surface area contributed by atoms with E-state index in [2.05, 4.69) is 0 Å². The highest BCUT2D eigenvalue weighted by atomic mass is 32.2. The van der Waals surface area contributed by atoms with Gasteiger partial charge < -0.3 is 9.84 Å². The van der Waals surface area contributed by atoms with Crippen LogP contribution in [0.4, 0.5) is 5.69 Å². The number of aliphatic hydroxyl groups is 1. The van der Waals surface area contributed by atoms with E-state index in [4.69, 9.17) is 9.88 Å². The van der Waals surface area contributed by atoms with Crippen molar-refractivity contribution in [1.29, 1.82) is 0 Å². The zero-order chi connectivity index (χ0) is 25.3. The smallest absolute Gasteiger partial charge is 0.300 e. The highest BCUT2D eigenvalue weighted by Gasteiger charge is 2.47. The van der Waals surface area contributed by atoms with Gasteiger partial charge in [0.2, 0.25) is 10.0 Å². The van der Waals surface area contributed by atoms with Crippen LogP contribution < -0.4 is 14.8 Å². The van der Waals surface area contributed by atoms with Gasteiger partial charge in [0.15, 0.2) is 0 Å². The summed E-state index contributed by atoms with van der Waals surface area (Å²) in [5.41, 5.74) is 1.12. The van der Waals surface area contributed by atoms with Crippen LogP contribution in [-0.4, -0.2) is 31.3 Å². The van der Waals surface area contributed by atoms with Crippen LogP contribution >= 0.6 is 0 Å². The van der Waals surface area contributed by atoms with E-state index in [-0.39, 0.29) is 28.0 Å². The van der Waals surface area contributed by atoms with Crippen LogP contribution in [0.2, 0.25) is 0 Å². The van der Waals surface area contributed by atoms with Gasteiger partial charge in [-0.25, -0.2) is 13.6 Å². The fraction of sp³-hybridized carbons (Fsp3) is 0.154. The predicted octanol–water partition coefficient (Wildman–Crippen LogP) is 3.75. The Morgan fingerprint density at radius 1 is 0.971 bits per heavy atom. The molecule has 3 aromatic carbocycles. The molecule has 1 unspecified atom stereocenters. The molecule has 1 aliphatic rings. The molecule has 3 N–H and O–H groups in total. The van der Waals surface area contributed by atoms with Crippen molar-refractivity contribution in [3.8, 4) is 5.75 Å². The van der Waals surface area contributed by atoms with Crippen LogP contribution in [0.25, 0.3) is 5.76 Å². The number of anilines is 1. The van der Waals surface area contributed by atoms with Crippen molar-refractivity contribution in [2.24, 2.45) is 5.14 Å². The van der Waals surface area contributed by atoms with E-state index in [9.17, 15) is 23.1 Å². The summed E-state index contributed by atoms with van der Waals surface area (Å²) in [5.74, 6) is -1.54. The number of rotatable bonds is 6. The lowest BCUT2D eigenvalue weighted by Crippen LogP contribution is -2.29. The lowest BCUT2D eigenvalue weighted by Gasteiger charge is -2.25. The van der Waals surface area contributed by atoms with E-state index in [0.29, 0.717) is 16.9 Å². The molecule has 35 heavy (non-hydrogen) atoms. The summed E-state index contributed by atoms with van der Waals surface area (Å²) in [6.45, 7) is 3.74. The molecule has 180 valence electrons. The Morgan fingerprint density at radius 2 is 1.63 bits per heavy atom. The van der Waals surface area contributed by atoms with E-state index in [1.54, 1.807) is 54.6 Å². The number of benzene rings is 3. The molecule has 9 heteroatoms. The van der Waals surface area contributed by atoms with Gasteiger partial charge in [-0.1, -0.05) is 42.5 Å². The van der Waals surface area contributed by atoms with Crippen molar-refractivity contribution < 1.29 is 27.9 Å². The number of aliphatic hydroxyl groups excluding tert-OH is 1. The van der Waals surface area contributed by atoms with E-state index in [0.717, 1.165) is 0 Å². The van der Waals surface area contributed by atoms with E-state index < -0.39 is 27.8 Å². The molecule has 0 saturated carbocycles. The van der Waals surface area contributed by atoms with E-state index >= 15 is 0 Å². The molecule has 3 aromatic rings. The molecule has 0 aromatic heterocycles. The molecular formula is C26H24N2O6S. The van der Waals surface area contributed by atoms with Crippen molar-refractivity contribution in [3.05, 3.63) is 95.6 Å². The van der Waals surface area contributed by atoms with Gasteiger partial charge in [0.1, 0.15) is 11.5 Å². The number of Topliss-reactive ketones (excluding diaryl/α,β-unsaturated/α-hetero) is 1. The fourth-order valence-corrected chi connectivity index (χ4v) is 4.51. The Bertz CT molecular complexity index is 1410. The molecule has 1 fully saturated rings. The second-order valence-electron chi connectivity index (χ2n) is 8.31. The summed E-state index contributed by atoms with van der Waals surface area (Å²) >= 11 is 0. The Kier molecular flexibility index (Phi) is 6.47. The van der Waals surface area contributed by atoms with Crippen LogP contribution in [-0.2, 0) is 19.6 Å². The molecule has 1 amide bonds. The lowest BCUT2D eigenvalue weighted by molar-refractivity contribution is -0.132. The predicted molar refractivity (Wildman–Crippen MR) is 131 cm³/mol. The van der Waals surface area contributed by atoms with Crippen LogP contribution in [0.1, 0.15) is 31.0 Å². The summed E-state index contributed by atoms with van der Waals surface area (Å²) in [6, 6.07) is 19.8. The quantitative estimate of drug-likeness (QED) is 0.307. The SMILES string of the molecule is CC(C)Oc1cccc(/C(O)=C2\C(=O)C(=O)N(c3ccc(S(N)(=O)=O)cc3)C2c2ccccc2)c1. The van der Waals surface area contributed by atoms with E-state index in [1.165, 1.54) is 29.2 Å². The van der Waals surface area contributed by atoms with E-state index in [1.807, 2.05) is 13.8 Å². The second-order valence-corrected chi connectivity index (χ2v) is 9.87. The summed E-state index contributed by atoms with van der Waals surface area (Å²) in [4.78, 5) is 27.5. The van der Waals surface area contributed by atoms with Gasteiger partial charge in [-0.15, -0.1) is 0 Å². The number of carbonyl (C=O) groups is 2. The minimum Gasteiger partial charge on any atom is -0.507 e. The first-order valence-electron chi connectivity index (χ1n) is 10.8. The fourth-order valence-electron chi connectivity index (χ4n) is 3.99. The van der Waals surface area contributed by atoms with Crippen LogP contribution in [0.3, 0.4) is 0 Å². The number of nitrogens with two attached hydrogens (primary N) is 1. The second kappa shape index (κ2) is 9.36. The average molecular weight is 493 g/mol. The highest BCUT2D eigenvalue weighted by molar-refractivity contribution is 7.89. The van der Waals surface area contributed by atoms with Gasteiger partial charge in [-0.2, -0.15) is 0 Å². The molecule has 0 radical (unpaired) electrons. The van der Waals surface area contributed by atoms with Crippen LogP contribution in [0, 0.1) is 0 Å². The third-order valence-electron chi connectivity index (χ3n) is 5.48. The van der Waals surface area contributed by atoms with Crippen molar-refractivity contribution >= 4 is 33.2 Å². The maximum atomic E-state index is 13.2. The van der Waals surface area contributed by atoms with Gasteiger partial charge in [-0.05, 0) is 55.8 Å². The molecule has 0 aliphatic carbocycles. The largest absolute Gasteiger partial charge is 0.507 e. The molecule has 1 aliphatic heterocycles. The third kappa shape index (κ3) is 4.82. The van der Waals surface area contributed by atoms with Gasteiger partial charge >= 0.3 is 0 Å². The molecular weight excluding hydrogens is 468 g/mol. The summed E-state index contributed by atoms with van der Waals surface area (Å²) in [7, 11) is -3.94. The first-order chi connectivity index (χ1) is 16.6. The number of carbonyl (C=O) groups excluding carboxylic acids is 2. The Labute approximate surface area is 203 Å². The van der Waals surface area contributed by atoms with Crippen molar-refractivity contribution in [2.75, 3.05) is 4.90 Å². The standard InChI is InChI=1S/C26H24N2O6S/c1-16(2)34-20-10-6-9-18(15-20)24(29)22-23(17-7-4-3-5-8-17)28(26(31)25(22)30)19-11-13-21(14-12-19)35(27,32)33/h3-16,23,29H,1-2H3,(H2,27,32,33)/b24-22+. The summed E-state index contributed by atoms with van der Waals surface area (Å²) in [5, 5.41) is 16.4. The molecule has 1 saturated heterocycles. The Hall–Kier alpha value is -3.95. The molecule has 1 heterocycles. The topological polar surface area (TPSA) is 127 Å². The Balaban J connectivity index is 1.88. The van der Waals surface area contributed by atoms with Gasteiger partial charge in [0.25, 0.3) is 11.7 Å². The Morgan fingerprint density at radius 3 is 2.23 bits per heavy atom. The number of sulfonamides is 1. The first kappa shape index (κ1) is 24.2. The van der Waals surface area contributed by atoms with Crippen molar-refractivity contribution in [3.63, 3.8) is 0 Å². The zero-order valence-corrected chi connectivity index (χ0v) is 19.9. The summed E-state index contributed by atoms with van der Waals surface area (Å²) in [6.07, 6.45) is -0.0948. The number of ketones is 1. The number of ether oxygens (including phenoxy) is 1. The molecule has 4 rings (SSSR count). The van der Waals surface area contributed by atoms with Gasteiger partial charge in [0, 0.05) is 11.3 Å². The monoisotopic (exact) mass is 492 g/mol. The first-order valence-corrected chi connectivity index (χ1v) is 12.4. The number of amides is 1. The van der Waals surface area contributed by atoms with Gasteiger partial charge in [0.05, 0.1) is 22.6 Å². The highest BCUT2D eigenvalue weighted by Crippen LogP contribution is 2.42. The number of hydrogen-bond donors (Lipinski definition) is 2. The number of nitrogens with zero attached hydrogens (tertiary/aromatic N) is 1. The number of hydrogen-bond acceptors (Lipinski definition) is 6. The maximum Gasteiger partial charge on any atom is 0.300 e. The molecule has 0 spiro atoms. The summed E-state index contributed by atoms with van der Waals surface area (Å²) < 4.78 is 29.0. The zero-order valence-electron chi connectivity index (χ0n) is 19.1. The van der Waals surface area contributed by atoms with Gasteiger partial charge in [-0.3, -0.25) is 14.5 Å². The normalized spacial score (nSPS) is 17.7. The third-order valence-corrected chi connectivity index (χ3v) is 6.41. The van der Waals surface area contributed by atoms with Crippen LogP contribution in [0.5, 0.6) is 5.75 Å².